The molecule has 0 aliphatic carbocycles. The molecule has 21 heavy (non-hydrogen) atoms. The van der Waals surface area contributed by atoms with Gasteiger partial charge in [0.15, 0.2) is 11.6 Å². The number of hydrogen-bond acceptors (Lipinski definition) is 3. The molecule has 1 aliphatic rings. The Morgan fingerprint density at radius 1 is 1.29 bits per heavy atom. The summed E-state index contributed by atoms with van der Waals surface area (Å²) < 4.78 is 37.7. The predicted octanol–water partition coefficient (Wildman–Crippen LogP) is 2.68. The van der Waals surface area contributed by atoms with Crippen molar-refractivity contribution >= 4 is 0 Å². The molecule has 1 heterocycles. The molecule has 3 nitrogen and oxygen atoms in total. The quantitative estimate of drug-likeness (QED) is 0.876. The van der Waals surface area contributed by atoms with Gasteiger partial charge in [-0.25, -0.2) is 8.78 Å². The first kappa shape index (κ1) is 16.3. The molecule has 0 radical (unpaired) electrons. The zero-order valence-corrected chi connectivity index (χ0v) is 12.6. The van der Waals surface area contributed by atoms with Crippen molar-refractivity contribution in [1.29, 1.82) is 0 Å². The first-order valence-electron chi connectivity index (χ1n) is 7.41. The number of ether oxygens (including phenoxy) is 2. The van der Waals surface area contributed by atoms with Gasteiger partial charge in [0.05, 0.1) is 5.60 Å². The second-order valence-electron chi connectivity index (χ2n) is 5.44. The molecule has 5 heteroatoms. The van der Waals surface area contributed by atoms with Crippen LogP contribution in [0.25, 0.3) is 0 Å². The van der Waals surface area contributed by atoms with Crippen LogP contribution in [0.15, 0.2) is 18.2 Å². The number of methoxy groups -OCH3 is 1. The van der Waals surface area contributed by atoms with E-state index in [1.807, 2.05) is 6.92 Å². The van der Waals surface area contributed by atoms with Crippen molar-refractivity contribution in [2.24, 2.45) is 0 Å². The fraction of sp³-hybridized carbons (Fsp3) is 0.625. The van der Waals surface area contributed by atoms with Gasteiger partial charge in [-0.2, -0.15) is 0 Å². The molecule has 1 aliphatic heterocycles. The van der Waals surface area contributed by atoms with Crippen LogP contribution in [-0.2, 0) is 15.9 Å². The zero-order chi connectivity index (χ0) is 15.3. The average molecular weight is 299 g/mol. The Morgan fingerprint density at radius 2 is 2.00 bits per heavy atom. The van der Waals surface area contributed by atoms with Crippen LogP contribution in [0.2, 0.25) is 0 Å². The largest absolute Gasteiger partial charge is 0.381 e. The van der Waals surface area contributed by atoms with E-state index in [0.29, 0.717) is 19.6 Å². The fourth-order valence-corrected chi connectivity index (χ4v) is 3.00. The highest BCUT2D eigenvalue weighted by Crippen LogP contribution is 2.30. The topological polar surface area (TPSA) is 30.5 Å². The van der Waals surface area contributed by atoms with Gasteiger partial charge in [0.1, 0.15) is 0 Å². The van der Waals surface area contributed by atoms with Crippen LogP contribution < -0.4 is 5.32 Å². The number of likely N-dealkylation sites (N-methyl/N-ethyl adjacent to an activating group) is 1. The van der Waals surface area contributed by atoms with E-state index < -0.39 is 11.6 Å². The SMILES string of the molecule is CCNC(Cc1ccc(F)c(F)c1)C1(OC)CCOCC1. The van der Waals surface area contributed by atoms with Crippen molar-refractivity contribution in [3.63, 3.8) is 0 Å². The maximum atomic E-state index is 13.4. The lowest BCUT2D eigenvalue weighted by atomic mass is 9.82. The first-order chi connectivity index (χ1) is 10.1. The standard InChI is InChI=1S/C16H23F2NO2/c1-3-19-15(16(20-2)6-8-21-9-7-16)11-12-4-5-13(17)14(18)10-12/h4-5,10,15,19H,3,6-9,11H2,1-2H3. The third kappa shape index (κ3) is 3.78. The second kappa shape index (κ2) is 7.29. The van der Waals surface area contributed by atoms with E-state index in [-0.39, 0.29) is 11.6 Å². The van der Waals surface area contributed by atoms with Crippen LogP contribution >= 0.6 is 0 Å². The summed E-state index contributed by atoms with van der Waals surface area (Å²) in [6.45, 7) is 4.14. The van der Waals surface area contributed by atoms with Gasteiger partial charge in [-0.3, -0.25) is 0 Å². The zero-order valence-electron chi connectivity index (χ0n) is 12.6. The first-order valence-corrected chi connectivity index (χ1v) is 7.41. The summed E-state index contributed by atoms with van der Waals surface area (Å²) in [6, 6.07) is 4.12. The van der Waals surface area contributed by atoms with Crippen molar-refractivity contribution in [3.8, 4) is 0 Å². The van der Waals surface area contributed by atoms with Gasteiger partial charge in [0, 0.05) is 39.2 Å². The van der Waals surface area contributed by atoms with E-state index >= 15 is 0 Å². The summed E-state index contributed by atoms with van der Waals surface area (Å²) in [4.78, 5) is 0. The van der Waals surface area contributed by atoms with Gasteiger partial charge in [-0.1, -0.05) is 13.0 Å². The summed E-state index contributed by atoms with van der Waals surface area (Å²) in [5, 5.41) is 3.43. The average Bonchev–Trinajstić information content (AvgIpc) is 2.51. The lowest BCUT2D eigenvalue weighted by Crippen LogP contribution is -2.56. The summed E-state index contributed by atoms with van der Waals surface area (Å²) >= 11 is 0. The number of rotatable bonds is 6. The van der Waals surface area contributed by atoms with E-state index in [1.54, 1.807) is 13.2 Å². The van der Waals surface area contributed by atoms with E-state index in [2.05, 4.69) is 5.32 Å². The van der Waals surface area contributed by atoms with Gasteiger partial charge >= 0.3 is 0 Å². The van der Waals surface area contributed by atoms with Crippen LogP contribution in [0, 0.1) is 11.6 Å². The highest BCUT2D eigenvalue weighted by molar-refractivity contribution is 5.20. The molecule has 1 saturated heterocycles. The molecule has 0 amide bonds. The molecule has 0 saturated carbocycles. The van der Waals surface area contributed by atoms with Crippen LogP contribution in [0.5, 0.6) is 0 Å². The van der Waals surface area contributed by atoms with E-state index in [0.717, 1.165) is 24.9 Å². The lowest BCUT2D eigenvalue weighted by Gasteiger charge is -2.42. The van der Waals surface area contributed by atoms with Gasteiger partial charge < -0.3 is 14.8 Å². The van der Waals surface area contributed by atoms with Gasteiger partial charge in [-0.15, -0.1) is 0 Å². The van der Waals surface area contributed by atoms with Gasteiger partial charge in [0.2, 0.25) is 0 Å². The van der Waals surface area contributed by atoms with Crippen molar-refractivity contribution in [1.82, 2.24) is 5.32 Å². The molecule has 2 rings (SSSR count). The monoisotopic (exact) mass is 299 g/mol. The Kier molecular flexibility index (Phi) is 5.67. The maximum Gasteiger partial charge on any atom is 0.159 e. The highest BCUT2D eigenvalue weighted by Gasteiger charge is 2.40. The van der Waals surface area contributed by atoms with Crippen LogP contribution in [0.3, 0.4) is 0 Å². The molecular formula is C16H23F2NO2. The minimum absolute atomic E-state index is 0.0428. The summed E-state index contributed by atoms with van der Waals surface area (Å²) in [5.74, 6) is -1.62. The smallest absolute Gasteiger partial charge is 0.159 e. The van der Waals surface area contributed by atoms with Crippen molar-refractivity contribution in [2.45, 2.75) is 37.8 Å². The molecular weight excluding hydrogens is 276 g/mol. The summed E-state index contributed by atoms with van der Waals surface area (Å²) in [7, 11) is 1.71. The third-order valence-electron chi connectivity index (χ3n) is 4.26. The molecule has 1 unspecified atom stereocenters. The van der Waals surface area contributed by atoms with Gasteiger partial charge in [-0.05, 0) is 30.7 Å². The van der Waals surface area contributed by atoms with Crippen LogP contribution in [0.4, 0.5) is 8.78 Å². The number of hydrogen-bond donors (Lipinski definition) is 1. The molecule has 0 bridgehead atoms. The number of benzene rings is 1. The number of nitrogens with one attached hydrogen (secondary N) is 1. The van der Waals surface area contributed by atoms with E-state index in [4.69, 9.17) is 9.47 Å². The molecule has 0 aromatic heterocycles. The van der Waals surface area contributed by atoms with E-state index in [1.165, 1.54) is 12.1 Å². The van der Waals surface area contributed by atoms with Crippen molar-refractivity contribution in [2.75, 3.05) is 26.9 Å². The summed E-state index contributed by atoms with van der Waals surface area (Å²) in [5.41, 5.74) is 0.446. The highest BCUT2D eigenvalue weighted by atomic mass is 19.2. The number of halogens is 2. The Bertz CT molecular complexity index is 462. The Morgan fingerprint density at radius 3 is 2.57 bits per heavy atom. The molecule has 0 spiro atoms. The summed E-state index contributed by atoms with van der Waals surface area (Å²) in [6.07, 6.45) is 2.19. The normalized spacial score (nSPS) is 19.4. The molecule has 1 fully saturated rings. The minimum Gasteiger partial charge on any atom is -0.381 e. The maximum absolute atomic E-state index is 13.4. The van der Waals surface area contributed by atoms with E-state index in [9.17, 15) is 8.78 Å². The van der Waals surface area contributed by atoms with Crippen LogP contribution in [-0.4, -0.2) is 38.5 Å². The third-order valence-corrected chi connectivity index (χ3v) is 4.26. The second-order valence-corrected chi connectivity index (χ2v) is 5.44. The molecule has 1 atom stereocenters. The molecule has 1 N–H and O–H groups in total. The Labute approximate surface area is 124 Å². The fourth-order valence-electron chi connectivity index (χ4n) is 3.00. The predicted molar refractivity (Wildman–Crippen MR) is 77.3 cm³/mol. The van der Waals surface area contributed by atoms with Gasteiger partial charge in [0.25, 0.3) is 0 Å². The van der Waals surface area contributed by atoms with Crippen LogP contribution in [0.1, 0.15) is 25.3 Å². The molecule has 1 aromatic rings. The molecule has 118 valence electrons. The lowest BCUT2D eigenvalue weighted by molar-refractivity contribution is -0.110. The molecule has 1 aromatic carbocycles. The Hall–Kier alpha value is -1.04. The van der Waals surface area contributed by atoms with Crippen molar-refractivity contribution < 1.29 is 18.3 Å². The van der Waals surface area contributed by atoms with Crippen molar-refractivity contribution in [3.05, 3.63) is 35.4 Å². The minimum atomic E-state index is -0.814. The Balaban J connectivity index is 2.18.